The molecule has 0 spiro atoms. The summed E-state index contributed by atoms with van der Waals surface area (Å²) in [7, 11) is 2.07. The standard InChI is InChI=1S/C14H18BrN3S/c1-9(7-11-5-4-6-19-11)18(3)14-13(15)10(2)12(16)8-17-14/h4-6,8-9H,7,16H2,1-3H3. The maximum atomic E-state index is 5.87. The van der Waals surface area contributed by atoms with Gasteiger partial charge in [-0.2, -0.15) is 0 Å². The van der Waals surface area contributed by atoms with E-state index in [2.05, 4.69) is 57.3 Å². The second-order valence-corrected chi connectivity index (χ2v) is 6.54. The molecule has 0 aliphatic rings. The van der Waals surface area contributed by atoms with Crippen LogP contribution in [0.1, 0.15) is 17.4 Å². The van der Waals surface area contributed by atoms with E-state index in [-0.39, 0.29) is 0 Å². The molecular formula is C14H18BrN3S. The van der Waals surface area contributed by atoms with Gasteiger partial charge in [-0.25, -0.2) is 4.98 Å². The van der Waals surface area contributed by atoms with Crippen LogP contribution in [0.5, 0.6) is 0 Å². The minimum atomic E-state index is 0.380. The molecule has 0 aromatic carbocycles. The molecule has 0 amide bonds. The molecule has 3 nitrogen and oxygen atoms in total. The predicted molar refractivity (Wildman–Crippen MR) is 87.0 cm³/mol. The number of anilines is 2. The van der Waals surface area contributed by atoms with Crippen LogP contribution in [0.2, 0.25) is 0 Å². The van der Waals surface area contributed by atoms with Crippen LogP contribution in [-0.2, 0) is 6.42 Å². The molecule has 1 unspecified atom stereocenters. The highest BCUT2D eigenvalue weighted by Crippen LogP contribution is 2.31. The SMILES string of the molecule is Cc1c(N)cnc(N(C)C(C)Cc2cccs2)c1Br. The van der Waals surface area contributed by atoms with Crippen LogP contribution in [0.25, 0.3) is 0 Å². The molecule has 0 aliphatic heterocycles. The first kappa shape index (κ1) is 14.3. The van der Waals surface area contributed by atoms with Gasteiger partial charge in [0.15, 0.2) is 0 Å². The van der Waals surface area contributed by atoms with Gasteiger partial charge in [0.25, 0.3) is 0 Å². The van der Waals surface area contributed by atoms with Crippen molar-refractivity contribution in [2.24, 2.45) is 0 Å². The van der Waals surface area contributed by atoms with Crippen LogP contribution in [-0.4, -0.2) is 18.1 Å². The van der Waals surface area contributed by atoms with Gasteiger partial charge in [-0.15, -0.1) is 11.3 Å². The summed E-state index contributed by atoms with van der Waals surface area (Å²) in [5.41, 5.74) is 7.63. The topological polar surface area (TPSA) is 42.1 Å². The Kier molecular flexibility index (Phi) is 4.47. The molecule has 2 aromatic rings. The van der Waals surface area contributed by atoms with Gasteiger partial charge >= 0.3 is 0 Å². The third-order valence-electron chi connectivity index (χ3n) is 3.36. The molecule has 2 heterocycles. The Labute approximate surface area is 126 Å². The van der Waals surface area contributed by atoms with Crippen molar-refractivity contribution in [2.75, 3.05) is 17.7 Å². The zero-order valence-electron chi connectivity index (χ0n) is 11.4. The number of nitrogens with two attached hydrogens (primary N) is 1. The van der Waals surface area contributed by atoms with Crippen molar-refractivity contribution in [1.29, 1.82) is 0 Å². The summed E-state index contributed by atoms with van der Waals surface area (Å²) in [5.74, 6) is 0.941. The first-order valence-corrected chi connectivity index (χ1v) is 7.83. The van der Waals surface area contributed by atoms with Crippen LogP contribution in [0.3, 0.4) is 0 Å². The van der Waals surface area contributed by atoms with Gasteiger partial charge in [0.1, 0.15) is 5.82 Å². The molecule has 0 fully saturated rings. The molecule has 2 aromatic heterocycles. The minimum Gasteiger partial charge on any atom is -0.397 e. The highest BCUT2D eigenvalue weighted by atomic mass is 79.9. The van der Waals surface area contributed by atoms with Crippen LogP contribution in [0.4, 0.5) is 11.5 Å². The van der Waals surface area contributed by atoms with E-state index < -0.39 is 0 Å². The van der Waals surface area contributed by atoms with Crippen molar-refractivity contribution in [3.8, 4) is 0 Å². The molecule has 5 heteroatoms. The lowest BCUT2D eigenvalue weighted by Gasteiger charge is -2.27. The van der Waals surface area contributed by atoms with Crippen molar-refractivity contribution in [3.63, 3.8) is 0 Å². The zero-order valence-corrected chi connectivity index (χ0v) is 13.8. The average molecular weight is 340 g/mol. The lowest BCUT2D eigenvalue weighted by molar-refractivity contribution is 0.679. The predicted octanol–water partition coefficient (Wildman–Crippen LogP) is 3.86. The molecule has 0 saturated carbocycles. The number of rotatable bonds is 4. The number of likely N-dealkylation sites (N-methyl/N-ethyl adjacent to an activating group) is 1. The molecule has 0 bridgehead atoms. The van der Waals surface area contributed by atoms with Gasteiger partial charge in [-0.1, -0.05) is 6.07 Å². The highest BCUT2D eigenvalue weighted by molar-refractivity contribution is 9.10. The number of pyridine rings is 1. The number of nitrogen functional groups attached to an aromatic ring is 1. The second-order valence-electron chi connectivity index (χ2n) is 4.72. The van der Waals surface area contributed by atoms with E-state index >= 15 is 0 Å². The monoisotopic (exact) mass is 339 g/mol. The molecule has 19 heavy (non-hydrogen) atoms. The maximum absolute atomic E-state index is 5.87. The van der Waals surface area contributed by atoms with Gasteiger partial charge in [-0.05, 0) is 46.8 Å². The van der Waals surface area contributed by atoms with E-state index in [1.165, 1.54) is 4.88 Å². The van der Waals surface area contributed by atoms with Crippen LogP contribution in [0.15, 0.2) is 28.2 Å². The van der Waals surface area contributed by atoms with Crippen molar-refractivity contribution in [2.45, 2.75) is 26.3 Å². The number of hydrogen-bond donors (Lipinski definition) is 1. The molecule has 2 N–H and O–H groups in total. The van der Waals surface area contributed by atoms with E-state index in [1.807, 2.05) is 6.92 Å². The van der Waals surface area contributed by atoms with Crippen LogP contribution >= 0.6 is 27.3 Å². The molecule has 0 aliphatic carbocycles. The van der Waals surface area contributed by atoms with Crippen LogP contribution in [0, 0.1) is 6.92 Å². The summed E-state index contributed by atoms with van der Waals surface area (Å²) in [5, 5.41) is 2.11. The van der Waals surface area contributed by atoms with Crippen molar-refractivity contribution in [3.05, 3.63) is 38.6 Å². The van der Waals surface area contributed by atoms with Gasteiger partial charge < -0.3 is 10.6 Å². The Morgan fingerprint density at radius 3 is 2.89 bits per heavy atom. The Morgan fingerprint density at radius 2 is 2.26 bits per heavy atom. The molecule has 0 saturated heterocycles. The van der Waals surface area contributed by atoms with Crippen molar-refractivity contribution >= 4 is 38.8 Å². The third kappa shape index (κ3) is 3.09. The Balaban J connectivity index is 2.19. The number of thiophene rings is 1. The van der Waals surface area contributed by atoms with E-state index in [0.29, 0.717) is 6.04 Å². The van der Waals surface area contributed by atoms with E-state index in [9.17, 15) is 0 Å². The number of aromatic nitrogens is 1. The summed E-state index contributed by atoms with van der Waals surface area (Å²) < 4.78 is 0.980. The number of nitrogens with zero attached hydrogens (tertiary/aromatic N) is 2. The lowest BCUT2D eigenvalue weighted by atomic mass is 10.1. The largest absolute Gasteiger partial charge is 0.397 e. The summed E-state index contributed by atoms with van der Waals surface area (Å²) in [6, 6.07) is 4.64. The number of halogens is 1. The maximum Gasteiger partial charge on any atom is 0.143 e. The Morgan fingerprint density at radius 1 is 1.53 bits per heavy atom. The fourth-order valence-corrected chi connectivity index (χ4v) is 3.33. The number of hydrogen-bond acceptors (Lipinski definition) is 4. The molecule has 0 radical (unpaired) electrons. The summed E-state index contributed by atoms with van der Waals surface area (Å²) in [4.78, 5) is 8.03. The Hall–Kier alpha value is -1.07. The minimum absolute atomic E-state index is 0.380. The highest BCUT2D eigenvalue weighted by Gasteiger charge is 2.17. The molecular weight excluding hydrogens is 322 g/mol. The van der Waals surface area contributed by atoms with Crippen molar-refractivity contribution in [1.82, 2.24) is 4.98 Å². The summed E-state index contributed by atoms with van der Waals surface area (Å²) in [6.07, 6.45) is 2.75. The fraction of sp³-hybridized carbons (Fsp3) is 0.357. The summed E-state index contributed by atoms with van der Waals surface area (Å²) in [6.45, 7) is 4.21. The molecule has 1 atom stereocenters. The summed E-state index contributed by atoms with van der Waals surface area (Å²) >= 11 is 5.39. The first-order valence-electron chi connectivity index (χ1n) is 6.16. The second kappa shape index (κ2) is 5.92. The van der Waals surface area contributed by atoms with Gasteiger partial charge in [-0.3, -0.25) is 0 Å². The Bertz CT molecular complexity index is 554. The van der Waals surface area contributed by atoms with Crippen molar-refractivity contribution < 1.29 is 0 Å². The van der Waals surface area contributed by atoms with Crippen LogP contribution < -0.4 is 10.6 Å². The van der Waals surface area contributed by atoms with E-state index in [4.69, 9.17) is 5.73 Å². The molecule has 102 valence electrons. The van der Waals surface area contributed by atoms with E-state index in [1.54, 1.807) is 17.5 Å². The van der Waals surface area contributed by atoms with Gasteiger partial charge in [0.05, 0.1) is 16.4 Å². The lowest BCUT2D eigenvalue weighted by Crippen LogP contribution is -2.31. The van der Waals surface area contributed by atoms with E-state index in [0.717, 1.165) is 28.0 Å². The first-order chi connectivity index (χ1) is 9.00. The normalized spacial score (nSPS) is 12.4. The third-order valence-corrected chi connectivity index (χ3v) is 5.20. The van der Waals surface area contributed by atoms with Gasteiger partial charge in [0.2, 0.25) is 0 Å². The fourth-order valence-electron chi connectivity index (χ4n) is 1.89. The van der Waals surface area contributed by atoms with Gasteiger partial charge in [0, 0.05) is 24.4 Å². The molecule has 2 rings (SSSR count). The smallest absolute Gasteiger partial charge is 0.143 e. The quantitative estimate of drug-likeness (QED) is 0.919. The average Bonchev–Trinajstić information content (AvgIpc) is 2.88. The zero-order chi connectivity index (χ0) is 14.0.